The van der Waals surface area contributed by atoms with Gasteiger partial charge in [-0.1, -0.05) is 5.92 Å². The Kier molecular flexibility index (Phi) is 4.67. The van der Waals surface area contributed by atoms with Crippen LogP contribution in [0.4, 0.5) is 18.9 Å². The average Bonchev–Trinajstić information content (AvgIpc) is 2.95. The molecule has 2 heterocycles. The van der Waals surface area contributed by atoms with E-state index in [1.165, 1.54) is 23.2 Å². The molecule has 3 rings (SSSR count). The van der Waals surface area contributed by atoms with Crippen LogP contribution in [0.2, 0.25) is 0 Å². The topological polar surface area (TPSA) is 38.1 Å². The fourth-order valence-corrected chi connectivity index (χ4v) is 2.62. The highest BCUT2D eigenvalue weighted by Gasteiger charge is 2.34. The molecule has 0 N–H and O–H groups in total. The molecule has 1 aromatic heterocycles. The second kappa shape index (κ2) is 6.24. The number of rotatable bonds is 1. The van der Waals surface area contributed by atoms with Crippen molar-refractivity contribution in [1.29, 1.82) is 0 Å². The Labute approximate surface area is 143 Å². The summed E-state index contributed by atoms with van der Waals surface area (Å²) in [5.41, 5.74) is 0.294. The Balaban J connectivity index is 0.00000208. The predicted molar refractivity (Wildman–Crippen MR) is 88.4 cm³/mol. The first-order chi connectivity index (χ1) is 10.8. The minimum atomic E-state index is -4.41. The molecule has 0 saturated carbocycles. The molecule has 24 heavy (non-hydrogen) atoms. The predicted octanol–water partition coefficient (Wildman–Crippen LogP) is 3.22. The van der Waals surface area contributed by atoms with Crippen LogP contribution in [0.1, 0.15) is 34.6 Å². The largest absolute Gasteiger partial charge is 0.416 e. The lowest BCUT2D eigenvalue weighted by Crippen LogP contribution is -2.43. The minimum absolute atomic E-state index is 0. The molecule has 1 aromatic carbocycles. The molecule has 126 valence electrons. The average molecular weight is 353 g/mol. The van der Waals surface area contributed by atoms with E-state index in [-0.39, 0.29) is 31.1 Å². The molecule has 2 aromatic rings. The van der Waals surface area contributed by atoms with Crippen LogP contribution in [0.25, 0.3) is 0 Å². The van der Waals surface area contributed by atoms with Crippen molar-refractivity contribution in [3.8, 4) is 12.3 Å². The summed E-state index contributed by atoms with van der Waals surface area (Å²) in [4.78, 5) is 14.1. The summed E-state index contributed by atoms with van der Waals surface area (Å²) in [6.45, 7) is 2.17. The van der Waals surface area contributed by atoms with Crippen LogP contribution in [0.3, 0.4) is 0 Å². The van der Waals surface area contributed by atoms with Gasteiger partial charge in [-0.2, -0.15) is 31.8 Å². The fourth-order valence-electron chi connectivity index (χ4n) is 2.62. The van der Waals surface area contributed by atoms with Crippen LogP contribution in [-0.2, 0) is 6.18 Å². The second-order valence-corrected chi connectivity index (χ2v) is 5.31. The molecular formula is C16H14F3N3OS. The lowest BCUT2D eigenvalue weighted by atomic mass is 10.1. The summed E-state index contributed by atoms with van der Waals surface area (Å²) in [7, 11) is 0. The lowest BCUT2D eigenvalue weighted by Gasteiger charge is -2.32. The number of amides is 1. The van der Waals surface area contributed by atoms with Crippen LogP contribution in [0, 0.1) is 12.3 Å². The van der Waals surface area contributed by atoms with E-state index in [2.05, 4.69) is 11.0 Å². The number of hydrogen-bond donors (Lipinski definition) is 0. The molecule has 0 unspecified atom stereocenters. The molecule has 0 radical (unpaired) electrons. The zero-order valence-corrected chi connectivity index (χ0v) is 13.6. The van der Waals surface area contributed by atoms with E-state index in [1.807, 2.05) is 6.92 Å². The van der Waals surface area contributed by atoms with Gasteiger partial charge >= 0.3 is 6.18 Å². The zero-order chi connectivity index (χ0) is 16.8. The molecule has 1 amide bonds. The van der Waals surface area contributed by atoms with Crippen LogP contribution >= 0.6 is 13.5 Å². The summed E-state index contributed by atoms with van der Waals surface area (Å²) < 4.78 is 39.5. The van der Waals surface area contributed by atoms with Crippen molar-refractivity contribution in [3.63, 3.8) is 0 Å². The fraction of sp³-hybridized carbons (Fsp3) is 0.250. The van der Waals surface area contributed by atoms with Crippen molar-refractivity contribution in [1.82, 2.24) is 9.78 Å². The maximum absolute atomic E-state index is 12.6. The highest BCUT2D eigenvalue weighted by molar-refractivity contribution is 7.59. The quantitative estimate of drug-likeness (QED) is 0.739. The smallest absolute Gasteiger partial charge is 0.305 e. The summed E-state index contributed by atoms with van der Waals surface area (Å²) in [6, 6.07) is 4.36. The lowest BCUT2D eigenvalue weighted by molar-refractivity contribution is -0.137. The van der Waals surface area contributed by atoms with Gasteiger partial charge in [0.2, 0.25) is 0 Å². The number of alkyl halides is 3. The number of fused-ring (bicyclic) bond motifs is 1. The Morgan fingerprint density at radius 1 is 1.29 bits per heavy atom. The summed E-state index contributed by atoms with van der Waals surface area (Å²) in [6.07, 6.45) is 2.41. The van der Waals surface area contributed by atoms with Crippen LogP contribution < -0.4 is 4.90 Å². The normalized spacial score (nSPS) is 17.0. The number of benzene rings is 1. The number of terminal acetylenes is 1. The summed E-state index contributed by atoms with van der Waals surface area (Å²) in [5, 5.41) is 4.11. The van der Waals surface area contributed by atoms with Gasteiger partial charge in [0.15, 0.2) is 0 Å². The highest BCUT2D eigenvalue weighted by atomic mass is 32.1. The van der Waals surface area contributed by atoms with Gasteiger partial charge in [-0.3, -0.25) is 9.48 Å². The van der Waals surface area contributed by atoms with Gasteiger partial charge in [-0.25, -0.2) is 0 Å². The number of hydrogen-bond acceptors (Lipinski definition) is 2. The van der Waals surface area contributed by atoms with Crippen molar-refractivity contribution < 1.29 is 18.0 Å². The summed E-state index contributed by atoms with van der Waals surface area (Å²) >= 11 is 0. The Morgan fingerprint density at radius 3 is 2.46 bits per heavy atom. The molecule has 0 saturated heterocycles. The molecule has 0 aliphatic carbocycles. The van der Waals surface area contributed by atoms with Crippen molar-refractivity contribution in [2.75, 3.05) is 11.4 Å². The van der Waals surface area contributed by atoms with E-state index >= 15 is 0 Å². The third kappa shape index (κ3) is 2.87. The highest BCUT2D eigenvalue weighted by Crippen LogP contribution is 2.32. The maximum Gasteiger partial charge on any atom is 0.416 e. The first-order valence-corrected chi connectivity index (χ1v) is 6.86. The number of carbonyl (C=O) groups is 1. The van der Waals surface area contributed by atoms with E-state index in [9.17, 15) is 18.0 Å². The summed E-state index contributed by atoms with van der Waals surface area (Å²) in [5.74, 6) is 2.04. The van der Waals surface area contributed by atoms with Gasteiger partial charge in [0.1, 0.15) is 5.69 Å². The van der Waals surface area contributed by atoms with Crippen LogP contribution in [-0.4, -0.2) is 22.2 Å². The first kappa shape index (κ1) is 17.9. The van der Waals surface area contributed by atoms with Gasteiger partial charge in [0.05, 0.1) is 23.4 Å². The molecular weight excluding hydrogens is 339 g/mol. The number of halogens is 3. The Bertz CT molecular complexity index is 805. The van der Waals surface area contributed by atoms with Crippen molar-refractivity contribution in [2.45, 2.75) is 19.1 Å². The van der Waals surface area contributed by atoms with E-state index < -0.39 is 11.7 Å². The maximum atomic E-state index is 12.6. The Hall–Kier alpha value is -2.40. The number of carbonyl (C=O) groups excluding carboxylic acids is 1. The molecule has 4 nitrogen and oxygen atoms in total. The van der Waals surface area contributed by atoms with Crippen molar-refractivity contribution in [3.05, 3.63) is 47.3 Å². The van der Waals surface area contributed by atoms with E-state index in [1.54, 1.807) is 4.68 Å². The van der Waals surface area contributed by atoms with Crippen molar-refractivity contribution in [2.24, 2.45) is 0 Å². The zero-order valence-electron chi connectivity index (χ0n) is 12.6. The molecule has 1 aliphatic heterocycles. The number of anilines is 1. The molecule has 1 atom stereocenters. The molecule has 0 spiro atoms. The van der Waals surface area contributed by atoms with Gasteiger partial charge in [0.25, 0.3) is 5.91 Å². The van der Waals surface area contributed by atoms with Crippen molar-refractivity contribution >= 4 is 25.1 Å². The standard InChI is InChI=1S/C16H12F3N3O.H2S/c1-3-11-8-20-22-10(2)9-21(15(23)14(11)22)13-6-4-12(5-7-13)16(17,18)19;/h1,4-8,10H,9H2,2H3;1H2/t10-;/m0./s1. The third-order valence-electron chi connectivity index (χ3n) is 3.77. The van der Waals surface area contributed by atoms with Crippen LogP contribution in [0.15, 0.2) is 30.5 Å². The monoisotopic (exact) mass is 353 g/mol. The van der Waals surface area contributed by atoms with Gasteiger partial charge in [0, 0.05) is 12.2 Å². The van der Waals surface area contributed by atoms with Gasteiger partial charge in [-0.15, -0.1) is 6.42 Å². The first-order valence-electron chi connectivity index (χ1n) is 6.86. The van der Waals surface area contributed by atoms with E-state index in [4.69, 9.17) is 6.42 Å². The third-order valence-corrected chi connectivity index (χ3v) is 3.77. The molecule has 0 bridgehead atoms. The van der Waals surface area contributed by atoms with Gasteiger partial charge in [-0.05, 0) is 31.2 Å². The molecule has 1 aliphatic rings. The second-order valence-electron chi connectivity index (χ2n) is 5.31. The number of nitrogens with zero attached hydrogens (tertiary/aromatic N) is 3. The van der Waals surface area contributed by atoms with E-state index in [0.29, 0.717) is 17.8 Å². The van der Waals surface area contributed by atoms with E-state index in [0.717, 1.165) is 12.1 Å². The van der Waals surface area contributed by atoms with Crippen LogP contribution in [0.5, 0.6) is 0 Å². The molecule has 8 heteroatoms. The SMILES string of the molecule is C#Cc1cnn2c1C(=O)N(c1ccc(C(F)(F)F)cc1)C[C@@H]2C.S. The molecule has 0 fully saturated rings. The number of aromatic nitrogens is 2. The Morgan fingerprint density at radius 2 is 1.92 bits per heavy atom. The minimum Gasteiger partial charge on any atom is -0.305 e. The van der Waals surface area contributed by atoms with Gasteiger partial charge < -0.3 is 4.90 Å².